The Balaban J connectivity index is 1.35. The third kappa shape index (κ3) is 3.05. The fourth-order valence-corrected chi connectivity index (χ4v) is 6.22. The molecule has 0 aromatic carbocycles. The van der Waals surface area contributed by atoms with E-state index in [1.165, 1.54) is 30.6 Å². The minimum absolute atomic E-state index is 0.219. The Labute approximate surface area is 150 Å². The Morgan fingerprint density at radius 2 is 1.76 bits per heavy atom. The number of thiophene rings is 1. The van der Waals surface area contributed by atoms with Crippen molar-refractivity contribution in [2.75, 3.05) is 11.9 Å². The summed E-state index contributed by atoms with van der Waals surface area (Å²) in [5.74, 6) is 0.693. The first-order chi connectivity index (χ1) is 11.9. The van der Waals surface area contributed by atoms with Crippen molar-refractivity contribution >= 4 is 34.1 Å². The van der Waals surface area contributed by atoms with E-state index in [-0.39, 0.29) is 23.6 Å². The molecule has 2 amide bonds. The summed E-state index contributed by atoms with van der Waals surface area (Å²) in [6.07, 6.45) is 6.49. The van der Waals surface area contributed by atoms with E-state index in [9.17, 15) is 14.4 Å². The predicted molar refractivity (Wildman–Crippen MR) is 93.0 cm³/mol. The van der Waals surface area contributed by atoms with Crippen molar-refractivity contribution < 1.29 is 19.1 Å². The maximum absolute atomic E-state index is 12.7. The SMILES string of the molecule is NC(=O)c1ccsc1NC(=O)COC(=O)C12CC3CC(CC(C3)C1)C2. The number of rotatable bonds is 5. The molecule has 4 aliphatic carbocycles. The van der Waals surface area contributed by atoms with Crippen molar-refractivity contribution in [3.05, 3.63) is 17.0 Å². The lowest BCUT2D eigenvalue weighted by Gasteiger charge is -2.55. The first-order valence-corrected chi connectivity index (χ1v) is 9.67. The van der Waals surface area contributed by atoms with E-state index in [4.69, 9.17) is 10.5 Å². The molecule has 0 spiro atoms. The molecule has 3 N–H and O–H groups in total. The lowest BCUT2D eigenvalue weighted by atomic mass is 9.49. The quantitative estimate of drug-likeness (QED) is 0.786. The zero-order valence-electron chi connectivity index (χ0n) is 14.0. The summed E-state index contributed by atoms with van der Waals surface area (Å²) in [6, 6.07) is 1.56. The fourth-order valence-electron chi connectivity index (χ4n) is 5.41. The van der Waals surface area contributed by atoms with E-state index in [1.54, 1.807) is 11.4 Å². The fraction of sp³-hybridized carbons (Fsp3) is 0.611. The minimum atomic E-state index is -0.595. The molecule has 6 nitrogen and oxygen atoms in total. The Bertz CT molecular complexity index is 691. The van der Waals surface area contributed by atoms with Gasteiger partial charge in [-0.05, 0) is 67.7 Å². The van der Waals surface area contributed by atoms with Crippen molar-refractivity contribution in [2.24, 2.45) is 28.9 Å². The molecular formula is C18H22N2O4S. The molecule has 4 aliphatic rings. The molecule has 134 valence electrons. The van der Waals surface area contributed by atoms with Crippen LogP contribution in [0, 0.1) is 23.2 Å². The number of amides is 2. The number of carbonyl (C=O) groups is 3. The molecule has 1 aromatic rings. The van der Waals surface area contributed by atoms with Crippen molar-refractivity contribution in [2.45, 2.75) is 38.5 Å². The van der Waals surface area contributed by atoms with Gasteiger partial charge in [0.15, 0.2) is 6.61 Å². The number of esters is 1. The van der Waals surface area contributed by atoms with E-state index in [1.807, 2.05) is 0 Å². The van der Waals surface area contributed by atoms with Gasteiger partial charge < -0.3 is 15.8 Å². The maximum Gasteiger partial charge on any atom is 0.312 e. The van der Waals surface area contributed by atoms with Gasteiger partial charge in [0.25, 0.3) is 11.8 Å². The molecule has 4 fully saturated rings. The smallest absolute Gasteiger partial charge is 0.312 e. The Morgan fingerprint density at radius 3 is 2.32 bits per heavy atom. The molecule has 0 unspecified atom stereocenters. The number of hydrogen-bond donors (Lipinski definition) is 2. The molecule has 4 saturated carbocycles. The maximum atomic E-state index is 12.7. The van der Waals surface area contributed by atoms with Gasteiger partial charge >= 0.3 is 5.97 Å². The highest BCUT2D eigenvalue weighted by atomic mass is 32.1. The molecule has 25 heavy (non-hydrogen) atoms. The van der Waals surface area contributed by atoms with E-state index in [0.29, 0.717) is 22.8 Å². The molecule has 4 bridgehead atoms. The van der Waals surface area contributed by atoms with Gasteiger partial charge in [-0.1, -0.05) is 0 Å². The highest BCUT2D eigenvalue weighted by molar-refractivity contribution is 7.14. The Kier molecular flexibility index (Phi) is 4.06. The number of nitrogens with two attached hydrogens (primary N) is 1. The summed E-state index contributed by atoms with van der Waals surface area (Å²) in [7, 11) is 0. The molecule has 0 atom stereocenters. The van der Waals surface area contributed by atoms with E-state index < -0.39 is 11.8 Å². The zero-order valence-corrected chi connectivity index (χ0v) is 14.8. The number of primary amides is 1. The minimum Gasteiger partial charge on any atom is -0.455 e. The number of ether oxygens (including phenoxy) is 1. The molecule has 5 rings (SSSR count). The van der Waals surface area contributed by atoms with Gasteiger partial charge in [-0.15, -0.1) is 11.3 Å². The molecular weight excluding hydrogens is 340 g/mol. The summed E-state index contributed by atoms with van der Waals surface area (Å²) in [5.41, 5.74) is 5.16. The average molecular weight is 362 g/mol. The van der Waals surface area contributed by atoms with Crippen LogP contribution >= 0.6 is 11.3 Å². The van der Waals surface area contributed by atoms with Gasteiger partial charge in [-0.3, -0.25) is 14.4 Å². The summed E-state index contributed by atoms with van der Waals surface area (Å²) >= 11 is 1.21. The summed E-state index contributed by atoms with van der Waals surface area (Å²) < 4.78 is 5.38. The van der Waals surface area contributed by atoms with Crippen molar-refractivity contribution in [1.82, 2.24) is 0 Å². The summed E-state index contributed by atoms with van der Waals surface area (Å²) in [4.78, 5) is 36.1. The zero-order chi connectivity index (χ0) is 17.6. The highest BCUT2D eigenvalue weighted by Crippen LogP contribution is 2.60. The van der Waals surface area contributed by atoms with Crippen molar-refractivity contribution in [3.63, 3.8) is 0 Å². The van der Waals surface area contributed by atoms with Crippen molar-refractivity contribution in [3.8, 4) is 0 Å². The third-order valence-electron chi connectivity index (χ3n) is 5.99. The second-order valence-electron chi connectivity index (χ2n) is 7.85. The van der Waals surface area contributed by atoms with Crippen LogP contribution in [0.4, 0.5) is 5.00 Å². The third-order valence-corrected chi connectivity index (χ3v) is 6.82. The largest absolute Gasteiger partial charge is 0.455 e. The van der Waals surface area contributed by atoms with Gasteiger partial charge in [0.1, 0.15) is 5.00 Å². The van der Waals surface area contributed by atoms with Crippen LogP contribution < -0.4 is 11.1 Å². The van der Waals surface area contributed by atoms with Crippen LogP contribution in [0.2, 0.25) is 0 Å². The van der Waals surface area contributed by atoms with Crippen LogP contribution in [-0.2, 0) is 14.3 Å². The van der Waals surface area contributed by atoms with Crippen LogP contribution in [0.1, 0.15) is 48.9 Å². The van der Waals surface area contributed by atoms with Crippen LogP contribution in [0.25, 0.3) is 0 Å². The topological polar surface area (TPSA) is 98.5 Å². The van der Waals surface area contributed by atoms with Gasteiger partial charge in [-0.2, -0.15) is 0 Å². The first kappa shape index (κ1) is 16.6. The molecule has 0 radical (unpaired) electrons. The van der Waals surface area contributed by atoms with Crippen LogP contribution in [0.15, 0.2) is 11.4 Å². The standard InChI is InChI=1S/C18H22N2O4S/c19-15(22)13-1-2-25-16(13)20-14(21)9-24-17(23)18-6-10-3-11(7-18)5-12(4-10)8-18/h1-2,10-12H,3-9H2,(H2,19,22)(H,20,21). The summed E-state index contributed by atoms with van der Waals surface area (Å²) in [5, 5.41) is 4.67. The highest BCUT2D eigenvalue weighted by Gasteiger charge is 2.55. The second kappa shape index (κ2) is 6.12. The summed E-state index contributed by atoms with van der Waals surface area (Å²) in [6.45, 7) is -0.323. The van der Waals surface area contributed by atoms with Gasteiger partial charge in [0.2, 0.25) is 0 Å². The van der Waals surface area contributed by atoms with E-state index in [0.717, 1.165) is 19.3 Å². The van der Waals surface area contributed by atoms with E-state index >= 15 is 0 Å². The second-order valence-corrected chi connectivity index (χ2v) is 8.77. The normalized spacial score (nSPS) is 32.4. The van der Waals surface area contributed by atoms with Gasteiger partial charge in [-0.25, -0.2) is 0 Å². The lowest BCUT2D eigenvalue weighted by molar-refractivity contribution is -0.172. The molecule has 0 saturated heterocycles. The van der Waals surface area contributed by atoms with Crippen molar-refractivity contribution in [1.29, 1.82) is 0 Å². The number of nitrogens with one attached hydrogen (secondary N) is 1. The van der Waals surface area contributed by atoms with Gasteiger partial charge in [0, 0.05) is 0 Å². The Hall–Kier alpha value is -1.89. The molecule has 7 heteroatoms. The Morgan fingerprint density at radius 1 is 1.16 bits per heavy atom. The first-order valence-electron chi connectivity index (χ1n) is 8.79. The van der Waals surface area contributed by atoms with Crippen LogP contribution in [0.5, 0.6) is 0 Å². The monoisotopic (exact) mass is 362 g/mol. The molecule has 0 aliphatic heterocycles. The lowest BCUT2D eigenvalue weighted by Crippen LogP contribution is -2.50. The number of carbonyl (C=O) groups excluding carboxylic acids is 3. The predicted octanol–water partition coefficient (Wildman–Crippen LogP) is 2.55. The van der Waals surface area contributed by atoms with Crippen LogP contribution in [0.3, 0.4) is 0 Å². The average Bonchev–Trinajstić information content (AvgIpc) is 2.99. The van der Waals surface area contributed by atoms with E-state index in [2.05, 4.69) is 5.32 Å². The molecule has 1 aromatic heterocycles. The number of anilines is 1. The van der Waals surface area contributed by atoms with Crippen LogP contribution in [-0.4, -0.2) is 24.4 Å². The van der Waals surface area contributed by atoms with Gasteiger partial charge in [0.05, 0.1) is 11.0 Å². The number of hydrogen-bond acceptors (Lipinski definition) is 5. The molecule has 1 heterocycles.